The van der Waals surface area contributed by atoms with Crippen LogP contribution in [0.15, 0.2) is 29.2 Å². The van der Waals surface area contributed by atoms with E-state index in [0.29, 0.717) is 6.61 Å². The number of rotatable bonds is 6. The fourth-order valence-corrected chi connectivity index (χ4v) is 3.56. The molecule has 0 aromatic carbocycles. The lowest BCUT2D eigenvalue weighted by Gasteiger charge is -2.29. The lowest BCUT2D eigenvalue weighted by atomic mass is 9.97. The minimum atomic E-state index is -0.0188. The van der Waals surface area contributed by atoms with E-state index in [1.807, 2.05) is 12.4 Å². The van der Waals surface area contributed by atoms with Crippen molar-refractivity contribution in [2.75, 3.05) is 27.2 Å². The van der Waals surface area contributed by atoms with Crippen LogP contribution in [0.2, 0.25) is 0 Å². The summed E-state index contributed by atoms with van der Waals surface area (Å²) in [6.07, 6.45) is 4.83. The molecule has 0 spiro atoms. The summed E-state index contributed by atoms with van der Waals surface area (Å²) in [6.45, 7) is 3.50. The first-order chi connectivity index (χ1) is 11.6. The van der Waals surface area contributed by atoms with Crippen LogP contribution < -0.4 is 0 Å². The Morgan fingerprint density at radius 3 is 3.04 bits per heavy atom. The Labute approximate surface area is 146 Å². The lowest BCUT2D eigenvalue weighted by Crippen LogP contribution is -2.31. The lowest BCUT2D eigenvalue weighted by molar-refractivity contribution is -0.133. The topological polar surface area (TPSA) is 45.7 Å². The smallest absolute Gasteiger partial charge is 0.248 e. The van der Waals surface area contributed by atoms with Crippen LogP contribution in [-0.2, 0) is 35.6 Å². The molecule has 0 saturated heterocycles. The van der Waals surface area contributed by atoms with Gasteiger partial charge in [0.15, 0.2) is 0 Å². The van der Waals surface area contributed by atoms with Gasteiger partial charge in [-0.3, -0.25) is 14.7 Å². The molecule has 0 bridgehead atoms. The molecule has 3 heterocycles. The SMILES string of the molecule is CN(C)C(=O)COCc1cncc2c1CCN(Cc1ccsc1)C2. The van der Waals surface area contributed by atoms with Crippen LogP contribution in [0.5, 0.6) is 0 Å². The minimum absolute atomic E-state index is 0.0188. The third kappa shape index (κ3) is 4.20. The number of ether oxygens (including phenoxy) is 1. The second-order valence-corrected chi connectivity index (χ2v) is 7.09. The standard InChI is InChI=1S/C18H23N3O2S/c1-20(2)18(22)12-23-11-16-8-19-7-15-10-21(5-3-17(15)16)9-14-4-6-24-13-14/h4,6-8,13H,3,5,9-12H2,1-2H3. The maximum Gasteiger partial charge on any atom is 0.248 e. The molecule has 2 aromatic heterocycles. The average Bonchev–Trinajstić information content (AvgIpc) is 3.07. The molecule has 0 fully saturated rings. The van der Waals surface area contributed by atoms with Crippen molar-refractivity contribution in [1.29, 1.82) is 0 Å². The van der Waals surface area contributed by atoms with Crippen molar-refractivity contribution >= 4 is 17.2 Å². The summed E-state index contributed by atoms with van der Waals surface area (Å²) in [5.74, 6) is -0.0188. The van der Waals surface area contributed by atoms with E-state index in [1.54, 1.807) is 30.3 Å². The summed E-state index contributed by atoms with van der Waals surface area (Å²) in [7, 11) is 3.47. The number of pyridine rings is 1. The molecule has 0 radical (unpaired) electrons. The maximum atomic E-state index is 11.6. The highest BCUT2D eigenvalue weighted by molar-refractivity contribution is 7.07. The zero-order valence-corrected chi connectivity index (χ0v) is 15.0. The normalized spacial score (nSPS) is 14.4. The number of likely N-dealkylation sites (N-methyl/N-ethyl adjacent to an activating group) is 1. The Hall–Kier alpha value is -1.76. The molecular formula is C18H23N3O2S. The molecule has 0 saturated carbocycles. The largest absolute Gasteiger partial charge is 0.367 e. The van der Waals surface area contributed by atoms with Crippen molar-refractivity contribution in [1.82, 2.24) is 14.8 Å². The van der Waals surface area contributed by atoms with Gasteiger partial charge >= 0.3 is 0 Å². The van der Waals surface area contributed by atoms with Gasteiger partial charge in [-0.15, -0.1) is 0 Å². The van der Waals surface area contributed by atoms with Gasteiger partial charge in [0.25, 0.3) is 0 Å². The summed E-state index contributed by atoms with van der Waals surface area (Å²) < 4.78 is 5.58. The third-order valence-corrected chi connectivity index (χ3v) is 5.01. The van der Waals surface area contributed by atoms with E-state index < -0.39 is 0 Å². The average molecular weight is 345 g/mol. The predicted octanol–water partition coefficient (Wildman–Crippen LogP) is 2.31. The fourth-order valence-electron chi connectivity index (χ4n) is 2.90. The number of hydrogen-bond acceptors (Lipinski definition) is 5. The number of amides is 1. The molecule has 24 heavy (non-hydrogen) atoms. The van der Waals surface area contributed by atoms with Crippen LogP contribution in [0.3, 0.4) is 0 Å². The van der Waals surface area contributed by atoms with Gasteiger partial charge in [-0.25, -0.2) is 0 Å². The molecule has 0 atom stereocenters. The number of carbonyl (C=O) groups is 1. The maximum absolute atomic E-state index is 11.6. The van der Waals surface area contributed by atoms with Gasteiger partial charge in [0.2, 0.25) is 5.91 Å². The van der Waals surface area contributed by atoms with Crippen molar-refractivity contribution in [3.05, 3.63) is 51.5 Å². The fraction of sp³-hybridized carbons (Fsp3) is 0.444. The molecule has 2 aromatic rings. The van der Waals surface area contributed by atoms with Gasteiger partial charge in [-0.2, -0.15) is 11.3 Å². The molecule has 3 rings (SSSR count). The Kier molecular flexibility index (Phi) is 5.60. The van der Waals surface area contributed by atoms with E-state index in [4.69, 9.17) is 4.74 Å². The zero-order valence-electron chi connectivity index (χ0n) is 14.2. The van der Waals surface area contributed by atoms with Crippen LogP contribution in [-0.4, -0.2) is 47.9 Å². The van der Waals surface area contributed by atoms with Gasteiger partial charge < -0.3 is 9.64 Å². The molecular weight excluding hydrogens is 322 g/mol. The highest BCUT2D eigenvalue weighted by atomic mass is 32.1. The highest BCUT2D eigenvalue weighted by Gasteiger charge is 2.19. The van der Waals surface area contributed by atoms with Crippen molar-refractivity contribution in [2.24, 2.45) is 0 Å². The van der Waals surface area contributed by atoms with E-state index in [0.717, 1.165) is 31.6 Å². The summed E-state index contributed by atoms with van der Waals surface area (Å²) in [5.41, 5.74) is 5.09. The predicted molar refractivity (Wildman–Crippen MR) is 94.7 cm³/mol. The van der Waals surface area contributed by atoms with Crippen molar-refractivity contribution in [3.63, 3.8) is 0 Å². The number of aromatic nitrogens is 1. The zero-order chi connectivity index (χ0) is 16.9. The summed E-state index contributed by atoms with van der Waals surface area (Å²) >= 11 is 1.74. The van der Waals surface area contributed by atoms with Gasteiger partial charge in [0.1, 0.15) is 6.61 Å². The first-order valence-electron chi connectivity index (χ1n) is 8.09. The van der Waals surface area contributed by atoms with Crippen LogP contribution in [0.1, 0.15) is 22.3 Å². The van der Waals surface area contributed by atoms with Crippen molar-refractivity contribution in [2.45, 2.75) is 26.1 Å². The molecule has 1 aliphatic rings. The molecule has 6 heteroatoms. The van der Waals surface area contributed by atoms with Crippen molar-refractivity contribution < 1.29 is 9.53 Å². The monoisotopic (exact) mass is 345 g/mol. The van der Waals surface area contributed by atoms with Gasteiger partial charge in [-0.1, -0.05) is 0 Å². The molecule has 128 valence electrons. The molecule has 1 aliphatic heterocycles. The number of hydrogen-bond donors (Lipinski definition) is 0. The van der Waals surface area contributed by atoms with Gasteiger partial charge in [-0.05, 0) is 45.5 Å². The quantitative estimate of drug-likeness (QED) is 0.806. The Balaban J connectivity index is 1.60. The minimum Gasteiger partial charge on any atom is -0.367 e. The van der Waals surface area contributed by atoms with Crippen LogP contribution >= 0.6 is 11.3 Å². The second-order valence-electron chi connectivity index (χ2n) is 6.31. The number of thiophene rings is 1. The summed E-state index contributed by atoms with van der Waals surface area (Å²) in [6, 6.07) is 2.18. The first kappa shape index (κ1) is 17.1. The van der Waals surface area contributed by atoms with E-state index in [-0.39, 0.29) is 12.5 Å². The van der Waals surface area contributed by atoms with E-state index >= 15 is 0 Å². The van der Waals surface area contributed by atoms with Crippen LogP contribution in [0, 0.1) is 0 Å². The van der Waals surface area contributed by atoms with Gasteiger partial charge in [0, 0.05) is 46.1 Å². The highest BCUT2D eigenvalue weighted by Crippen LogP contribution is 2.23. The number of carbonyl (C=O) groups excluding carboxylic acids is 1. The van der Waals surface area contributed by atoms with E-state index in [2.05, 4.69) is 26.7 Å². The number of nitrogens with zero attached hydrogens (tertiary/aromatic N) is 3. The Morgan fingerprint density at radius 1 is 1.42 bits per heavy atom. The Bertz CT molecular complexity index is 686. The number of fused-ring (bicyclic) bond motifs is 1. The third-order valence-electron chi connectivity index (χ3n) is 4.28. The van der Waals surface area contributed by atoms with Crippen LogP contribution in [0.25, 0.3) is 0 Å². The molecule has 0 N–H and O–H groups in total. The molecule has 0 aliphatic carbocycles. The van der Waals surface area contributed by atoms with Crippen LogP contribution in [0.4, 0.5) is 0 Å². The summed E-state index contributed by atoms with van der Waals surface area (Å²) in [5, 5.41) is 4.33. The first-order valence-corrected chi connectivity index (χ1v) is 9.03. The molecule has 0 unspecified atom stereocenters. The molecule has 1 amide bonds. The summed E-state index contributed by atoms with van der Waals surface area (Å²) in [4.78, 5) is 20.0. The van der Waals surface area contributed by atoms with Crippen molar-refractivity contribution in [3.8, 4) is 0 Å². The second kappa shape index (κ2) is 7.88. The molecule has 5 nitrogen and oxygen atoms in total. The van der Waals surface area contributed by atoms with E-state index in [1.165, 1.54) is 16.7 Å². The Morgan fingerprint density at radius 2 is 2.29 bits per heavy atom. The van der Waals surface area contributed by atoms with E-state index in [9.17, 15) is 4.79 Å². The van der Waals surface area contributed by atoms with Gasteiger partial charge in [0.05, 0.1) is 6.61 Å².